The van der Waals surface area contributed by atoms with Crippen molar-refractivity contribution >= 4 is 5.91 Å². The molecule has 4 heteroatoms. The molecule has 19 heavy (non-hydrogen) atoms. The molecule has 1 aliphatic heterocycles. The third-order valence-electron chi connectivity index (χ3n) is 3.83. The monoisotopic (exact) mass is 265 g/mol. The summed E-state index contributed by atoms with van der Waals surface area (Å²) in [5.74, 6) is -0.428. The molecule has 2 rings (SSSR count). The average Bonchev–Trinajstić information content (AvgIpc) is 2.39. The molecule has 1 amide bonds. The van der Waals surface area contributed by atoms with Gasteiger partial charge < -0.3 is 10.0 Å². The number of piperidine rings is 1. The largest absolute Gasteiger partial charge is 0.393 e. The molecule has 0 aromatic heterocycles. The molecule has 104 valence electrons. The van der Waals surface area contributed by atoms with Crippen molar-refractivity contribution in [2.45, 2.75) is 38.2 Å². The second kappa shape index (κ2) is 5.29. The minimum absolute atomic E-state index is 0.0792. The van der Waals surface area contributed by atoms with Crippen LogP contribution in [0, 0.1) is 5.82 Å². The summed E-state index contributed by atoms with van der Waals surface area (Å²) < 4.78 is 13.9. The van der Waals surface area contributed by atoms with Gasteiger partial charge in [0.15, 0.2) is 0 Å². The number of benzene rings is 1. The first-order valence-corrected chi connectivity index (χ1v) is 6.65. The molecular formula is C15H20FNO2. The average molecular weight is 265 g/mol. The van der Waals surface area contributed by atoms with Crippen LogP contribution in [0.2, 0.25) is 0 Å². The summed E-state index contributed by atoms with van der Waals surface area (Å²) >= 11 is 0. The van der Waals surface area contributed by atoms with Crippen LogP contribution >= 0.6 is 0 Å². The molecular weight excluding hydrogens is 245 g/mol. The summed E-state index contributed by atoms with van der Waals surface area (Å²) in [4.78, 5) is 14.3. The van der Waals surface area contributed by atoms with E-state index in [0.717, 1.165) is 0 Å². The van der Waals surface area contributed by atoms with Gasteiger partial charge in [-0.3, -0.25) is 4.79 Å². The van der Waals surface area contributed by atoms with Gasteiger partial charge >= 0.3 is 0 Å². The Bertz CT molecular complexity index is 465. The van der Waals surface area contributed by atoms with Crippen molar-refractivity contribution in [3.63, 3.8) is 0 Å². The molecule has 1 saturated heterocycles. The molecule has 0 radical (unpaired) electrons. The summed E-state index contributed by atoms with van der Waals surface area (Å²) in [6, 6.07) is 6.40. The Morgan fingerprint density at radius 2 is 1.89 bits per heavy atom. The standard InChI is InChI=1S/C15H20FNO2/c1-15(2,12-5-3-4-6-13(12)16)14(19)17-9-7-11(18)8-10-17/h3-6,11,18H,7-10H2,1-2H3. The number of aliphatic hydroxyl groups excluding tert-OH is 1. The second-order valence-corrected chi connectivity index (χ2v) is 5.63. The molecule has 0 bridgehead atoms. The highest BCUT2D eigenvalue weighted by molar-refractivity contribution is 5.87. The normalized spacial score (nSPS) is 17.6. The Morgan fingerprint density at radius 1 is 1.32 bits per heavy atom. The van der Waals surface area contributed by atoms with Crippen LogP contribution in [-0.2, 0) is 10.2 Å². The number of rotatable bonds is 2. The molecule has 1 fully saturated rings. The SMILES string of the molecule is CC(C)(C(=O)N1CCC(O)CC1)c1ccccc1F. The number of nitrogens with zero attached hydrogens (tertiary/aromatic N) is 1. The minimum atomic E-state index is -0.881. The minimum Gasteiger partial charge on any atom is -0.393 e. The summed E-state index contributed by atoms with van der Waals surface area (Å²) in [5.41, 5.74) is -0.459. The van der Waals surface area contributed by atoms with Crippen molar-refractivity contribution in [2.75, 3.05) is 13.1 Å². The summed E-state index contributed by atoms with van der Waals surface area (Å²) in [6.45, 7) is 4.58. The first-order valence-electron chi connectivity index (χ1n) is 6.65. The molecule has 0 atom stereocenters. The maximum atomic E-state index is 13.9. The van der Waals surface area contributed by atoms with Crippen LogP contribution < -0.4 is 0 Å². The van der Waals surface area contributed by atoms with Crippen molar-refractivity contribution in [1.82, 2.24) is 4.90 Å². The smallest absolute Gasteiger partial charge is 0.232 e. The maximum absolute atomic E-state index is 13.9. The first kappa shape index (κ1) is 14.0. The Labute approximate surface area is 113 Å². The molecule has 1 aromatic carbocycles. The predicted octanol–water partition coefficient (Wildman–Crippen LogP) is 2.09. The first-order chi connectivity index (χ1) is 8.93. The highest BCUT2D eigenvalue weighted by Crippen LogP contribution is 2.29. The number of hydrogen-bond donors (Lipinski definition) is 1. The van der Waals surface area contributed by atoms with Gasteiger partial charge in [0.25, 0.3) is 0 Å². The third-order valence-corrected chi connectivity index (χ3v) is 3.83. The lowest BCUT2D eigenvalue weighted by atomic mass is 9.82. The third kappa shape index (κ3) is 2.78. The van der Waals surface area contributed by atoms with E-state index in [1.54, 1.807) is 36.9 Å². The fourth-order valence-electron chi connectivity index (χ4n) is 2.55. The Kier molecular flexibility index (Phi) is 3.90. The van der Waals surface area contributed by atoms with Gasteiger partial charge in [-0.15, -0.1) is 0 Å². The van der Waals surface area contributed by atoms with Gasteiger partial charge in [0.2, 0.25) is 5.91 Å². The van der Waals surface area contributed by atoms with Crippen LogP contribution in [0.4, 0.5) is 4.39 Å². The van der Waals surface area contributed by atoms with Gasteiger partial charge in [0.1, 0.15) is 5.82 Å². The maximum Gasteiger partial charge on any atom is 0.232 e. The lowest BCUT2D eigenvalue weighted by Crippen LogP contribution is -2.48. The molecule has 0 saturated carbocycles. The number of aliphatic hydroxyl groups is 1. The topological polar surface area (TPSA) is 40.5 Å². The van der Waals surface area contributed by atoms with E-state index < -0.39 is 5.41 Å². The highest BCUT2D eigenvalue weighted by atomic mass is 19.1. The number of likely N-dealkylation sites (tertiary alicyclic amines) is 1. The van der Waals surface area contributed by atoms with Gasteiger partial charge in [0.05, 0.1) is 11.5 Å². The summed E-state index contributed by atoms with van der Waals surface area (Å²) in [5, 5.41) is 9.47. The molecule has 1 aromatic rings. The number of amides is 1. The number of carbonyl (C=O) groups excluding carboxylic acids is 1. The zero-order valence-electron chi connectivity index (χ0n) is 11.4. The molecule has 0 unspecified atom stereocenters. The Morgan fingerprint density at radius 3 is 2.47 bits per heavy atom. The van der Waals surface area contributed by atoms with Crippen LogP contribution in [0.3, 0.4) is 0 Å². The van der Waals surface area contributed by atoms with Gasteiger partial charge in [-0.2, -0.15) is 0 Å². The van der Waals surface area contributed by atoms with E-state index in [1.807, 2.05) is 0 Å². The number of halogens is 1. The number of hydrogen-bond acceptors (Lipinski definition) is 2. The van der Waals surface area contributed by atoms with Crippen LogP contribution in [0.1, 0.15) is 32.3 Å². The summed E-state index contributed by atoms with van der Waals surface area (Å²) in [7, 11) is 0. The van der Waals surface area contributed by atoms with Gasteiger partial charge in [-0.25, -0.2) is 4.39 Å². The van der Waals surface area contributed by atoms with E-state index in [0.29, 0.717) is 31.5 Å². The Hall–Kier alpha value is -1.42. The van der Waals surface area contributed by atoms with E-state index in [-0.39, 0.29) is 17.8 Å². The zero-order valence-corrected chi connectivity index (χ0v) is 11.4. The highest BCUT2D eigenvalue weighted by Gasteiger charge is 2.36. The van der Waals surface area contributed by atoms with Gasteiger partial charge in [-0.1, -0.05) is 18.2 Å². The summed E-state index contributed by atoms with van der Waals surface area (Å²) in [6.07, 6.45) is 0.874. The van der Waals surface area contributed by atoms with Crippen molar-refractivity contribution in [3.8, 4) is 0 Å². The second-order valence-electron chi connectivity index (χ2n) is 5.63. The fraction of sp³-hybridized carbons (Fsp3) is 0.533. The molecule has 0 spiro atoms. The predicted molar refractivity (Wildman–Crippen MR) is 71.2 cm³/mol. The fourth-order valence-corrected chi connectivity index (χ4v) is 2.55. The van der Waals surface area contributed by atoms with Crippen LogP contribution in [0.15, 0.2) is 24.3 Å². The lowest BCUT2D eigenvalue weighted by molar-refractivity contribution is -0.138. The van der Waals surface area contributed by atoms with Crippen LogP contribution in [0.5, 0.6) is 0 Å². The molecule has 1 N–H and O–H groups in total. The number of carbonyl (C=O) groups is 1. The van der Waals surface area contributed by atoms with Crippen molar-refractivity contribution in [3.05, 3.63) is 35.6 Å². The molecule has 1 heterocycles. The van der Waals surface area contributed by atoms with E-state index in [2.05, 4.69) is 0 Å². The van der Waals surface area contributed by atoms with Crippen molar-refractivity contribution < 1.29 is 14.3 Å². The van der Waals surface area contributed by atoms with E-state index in [4.69, 9.17) is 0 Å². The zero-order chi connectivity index (χ0) is 14.0. The van der Waals surface area contributed by atoms with Gasteiger partial charge in [0, 0.05) is 18.7 Å². The van der Waals surface area contributed by atoms with Crippen molar-refractivity contribution in [2.24, 2.45) is 0 Å². The Balaban J connectivity index is 2.20. The van der Waals surface area contributed by atoms with E-state index in [1.165, 1.54) is 6.07 Å². The van der Waals surface area contributed by atoms with Crippen LogP contribution in [-0.4, -0.2) is 35.1 Å². The molecule has 0 aliphatic carbocycles. The van der Waals surface area contributed by atoms with E-state index in [9.17, 15) is 14.3 Å². The van der Waals surface area contributed by atoms with E-state index >= 15 is 0 Å². The van der Waals surface area contributed by atoms with Gasteiger partial charge in [-0.05, 0) is 32.8 Å². The quantitative estimate of drug-likeness (QED) is 0.889. The van der Waals surface area contributed by atoms with Crippen LogP contribution in [0.25, 0.3) is 0 Å². The molecule has 3 nitrogen and oxygen atoms in total. The van der Waals surface area contributed by atoms with Crippen molar-refractivity contribution in [1.29, 1.82) is 0 Å². The molecule has 1 aliphatic rings. The lowest BCUT2D eigenvalue weighted by Gasteiger charge is -2.36.